The maximum atomic E-state index is 5.82. The highest BCUT2D eigenvalue weighted by Crippen LogP contribution is 2.25. The second-order valence-electron chi connectivity index (χ2n) is 4.85. The zero-order valence-corrected chi connectivity index (χ0v) is 13.1. The summed E-state index contributed by atoms with van der Waals surface area (Å²) in [6.07, 6.45) is 2.82. The van der Waals surface area contributed by atoms with Crippen molar-refractivity contribution in [2.45, 2.75) is 20.3 Å². The summed E-state index contributed by atoms with van der Waals surface area (Å²) in [6.45, 7) is 4.80. The van der Waals surface area contributed by atoms with E-state index in [2.05, 4.69) is 36.2 Å². The minimum Gasteiger partial charge on any atom is -0.436 e. The van der Waals surface area contributed by atoms with Gasteiger partial charge in [0.25, 0.3) is 0 Å². The Bertz CT molecular complexity index is 672. The van der Waals surface area contributed by atoms with E-state index in [0.29, 0.717) is 5.89 Å². The minimum atomic E-state index is 0.668. The van der Waals surface area contributed by atoms with E-state index in [-0.39, 0.29) is 0 Å². The summed E-state index contributed by atoms with van der Waals surface area (Å²) in [5.41, 5.74) is 8.23. The summed E-state index contributed by atoms with van der Waals surface area (Å²) >= 11 is 0. The molecule has 0 saturated heterocycles. The van der Waals surface area contributed by atoms with Crippen molar-refractivity contribution in [3.05, 3.63) is 66.4 Å². The van der Waals surface area contributed by atoms with E-state index >= 15 is 0 Å². The Hall–Kier alpha value is -2.39. The van der Waals surface area contributed by atoms with Crippen LogP contribution in [-0.2, 0) is 6.42 Å². The van der Waals surface area contributed by atoms with E-state index in [0.717, 1.165) is 29.9 Å². The molecule has 3 nitrogen and oxygen atoms in total. The van der Waals surface area contributed by atoms with Crippen molar-refractivity contribution < 1.29 is 4.42 Å². The van der Waals surface area contributed by atoms with Gasteiger partial charge in [-0.2, -0.15) is 0 Å². The molecule has 114 valence electrons. The first kappa shape index (κ1) is 16.0. The lowest BCUT2D eigenvalue weighted by atomic mass is 10.1. The number of rotatable bonds is 3. The zero-order chi connectivity index (χ0) is 15.8. The maximum Gasteiger partial charge on any atom is 0.226 e. The highest BCUT2D eigenvalue weighted by molar-refractivity contribution is 5.61. The van der Waals surface area contributed by atoms with E-state index in [9.17, 15) is 0 Å². The first-order chi connectivity index (χ1) is 10.8. The molecule has 0 aliphatic heterocycles. The molecule has 2 aromatic carbocycles. The SMILES string of the molecule is CCN.CCc1ccc(-c2ncc(-c3ccccc3)o2)cc1. The van der Waals surface area contributed by atoms with Crippen LogP contribution in [0, 0.1) is 0 Å². The van der Waals surface area contributed by atoms with Gasteiger partial charge in [0, 0.05) is 11.1 Å². The molecule has 0 aliphatic rings. The molecule has 1 aromatic heterocycles. The Balaban J connectivity index is 0.000000545. The summed E-state index contributed by atoms with van der Waals surface area (Å²) in [5, 5.41) is 0. The molecule has 0 atom stereocenters. The fourth-order valence-corrected chi connectivity index (χ4v) is 2.03. The van der Waals surface area contributed by atoms with Gasteiger partial charge in [0.05, 0.1) is 6.20 Å². The summed E-state index contributed by atoms with van der Waals surface area (Å²) in [5.74, 6) is 1.47. The lowest BCUT2D eigenvalue weighted by Gasteiger charge is -1.98. The van der Waals surface area contributed by atoms with E-state index in [4.69, 9.17) is 10.2 Å². The van der Waals surface area contributed by atoms with Crippen molar-refractivity contribution in [3.8, 4) is 22.8 Å². The Morgan fingerprint density at radius 3 is 2.14 bits per heavy atom. The zero-order valence-electron chi connectivity index (χ0n) is 13.1. The first-order valence-corrected chi connectivity index (χ1v) is 7.59. The van der Waals surface area contributed by atoms with Gasteiger partial charge in [0.1, 0.15) is 0 Å². The van der Waals surface area contributed by atoms with Crippen LogP contribution < -0.4 is 5.73 Å². The highest BCUT2D eigenvalue weighted by atomic mass is 16.4. The van der Waals surface area contributed by atoms with Crippen LogP contribution in [0.15, 0.2) is 65.2 Å². The average Bonchev–Trinajstić information content (AvgIpc) is 3.06. The average molecular weight is 294 g/mol. The lowest BCUT2D eigenvalue weighted by molar-refractivity contribution is 0.589. The van der Waals surface area contributed by atoms with Gasteiger partial charge in [0.2, 0.25) is 5.89 Å². The van der Waals surface area contributed by atoms with Crippen LogP contribution in [0.1, 0.15) is 19.4 Å². The number of hydrogen-bond donors (Lipinski definition) is 1. The van der Waals surface area contributed by atoms with Gasteiger partial charge in [-0.3, -0.25) is 0 Å². The van der Waals surface area contributed by atoms with E-state index < -0.39 is 0 Å². The topological polar surface area (TPSA) is 52.0 Å². The smallest absolute Gasteiger partial charge is 0.226 e. The molecule has 3 aromatic rings. The molecule has 2 N–H and O–H groups in total. The molecule has 1 heterocycles. The number of nitrogens with two attached hydrogens (primary N) is 1. The van der Waals surface area contributed by atoms with Crippen molar-refractivity contribution in [3.63, 3.8) is 0 Å². The minimum absolute atomic E-state index is 0.668. The summed E-state index contributed by atoms with van der Waals surface area (Å²) in [4.78, 5) is 4.35. The number of oxazole rings is 1. The van der Waals surface area contributed by atoms with Crippen LogP contribution in [0.4, 0.5) is 0 Å². The normalized spacial score (nSPS) is 9.95. The van der Waals surface area contributed by atoms with Crippen LogP contribution >= 0.6 is 0 Å². The fraction of sp³-hybridized carbons (Fsp3) is 0.211. The van der Waals surface area contributed by atoms with Gasteiger partial charge in [-0.1, -0.05) is 56.3 Å². The summed E-state index contributed by atoms with van der Waals surface area (Å²) in [6, 6.07) is 18.3. The van der Waals surface area contributed by atoms with Crippen molar-refractivity contribution in [1.82, 2.24) is 4.98 Å². The van der Waals surface area contributed by atoms with Crippen molar-refractivity contribution in [2.24, 2.45) is 5.73 Å². The Labute approximate surface area is 131 Å². The first-order valence-electron chi connectivity index (χ1n) is 7.59. The van der Waals surface area contributed by atoms with E-state index in [1.54, 1.807) is 6.20 Å². The van der Waals surface area contributed by atoms with Gasteiger partial charge in [0.15, 0.2) is 5.76 Å². The molecule has 0 unspecified atom stereocenters. The van der Waals surface area contributed by atoms with Gasteiger partial charge >= 0.3 is 0 Å². The molecule has 3 rings (SSSR count). The third-order valence-corrected chi connectivity index (χ3v) is 3.17. The van der Waals surface area contributed by atoms with E-state index in [1.165, 1.54) is 5.56 Å². The molecule has 3 heteroatoms. The number of aryl methyl sites for hydroxylation is 1. The van der Waals surface area contributed by atoms with Crippen molar-refractivity contribution in [2.75, 3.05) is 6.54 Å². The van der Waals surface area contributed by atoms with Gasteiger partial charge in [-0.15, -0.1) is 0 Å². The number of nitrogens with zero attached hydrogens (tertiary/aromatic N) is 1. The second kappa shape index (κ2) is 8.15. The van der Waals surface area contributed by atoms with Crippen LogP contribution in [0.3, 0.4) is 0 Å². The number of hydrogen-bond acceptors (Lipinski definition) is 3. The monoisotopic (exact) mass is 294 g/mol. The number of benzene rings is 2. The third-order valence-electron chi connectivity index (χ3n) is 3.17. The summed E-state index contributed by atoms with van der Waals surface area (Å²) in [7, 11) is 0. The predicted octanol–water partition coefficient (Wildman–Crippen LogP) is 4.54. The Kier molecular flexibility index (Phi) is 5.92. The third kappa shape index (κ3) is 4.06. The van der Waals surface area contributed by atoms with Crippen LogP contribution in [0.2, 0.25) is 0 Å². The van der Waals surface area contributed by atoms with Crippen LogP contribution in [-0.4, -0.2) is 11.5 Å². The van der Waals surface area contributed by atoms with E-state index in [1.807, 2.05) is 37.3 Å². The number of aromatic nitrogens is 1. The molecule has 22 heavy (non-hydrogen) atoms. The van der Waals surface area contributed by atoms with Crippen LogP contribution in [0.5, 0.6) is 0 Å². The molecule has 0 fully saturated rings. The molecule has 0 aliphatic carbocycles. The molecule has 0 amide bonds. The van der Waals surface area contributed by atoms with Crippen LogP contribution in [0.25, 0.3) is 22.8 Å². The summed E-state index contributed by atoms with van der Waals surface area (Å²) < 4.78 is 5.82. The molecule has 0 radical (unpaired) electrons. The molecular weight excluding hydrogens is 272 g/mol. The predicted molar refractivity (Wildman–Crippen MR) is 91.5 cm³/mol. The van der Waals surface area contributed by atoms with Gasteiger partial charge in [-0.05, 0) is 30.7 Å². The fourth-order valence-electron chi connectivity index (χ4n) is 2.03. The quantitative estimate of drug-likeness (QED) is 0.771. The standard InChI is InChI=1S/C17H15NO.C2H7N/c1-2-13-8-10-15(11-9-13)17-18-12-16(19-17)14-6-4-3-5-7-14;1-2-3/h3-12H,2H2,1H3;2-3H2,1H3. The Morgan fingerprint density at radius 1 is 0.909 bits per heavy atom. The molecule has 0 saturated carbocycles. The van der Waals surface area contributed by atoms with Gasteiger partial charge in [-0.25, -0.2) is 4.98 Å². The molecule has 0 bridgehead atoms. The highest BCUT2D eigenvalue weighted by Gasteiger charge is 2.07. The molecule has 0 spiro atoms. The maximum absolute atomic E-state index is 5.82. The van der Waals surface area contributed by atoms with Crippen molar-refractivity contribution in [1.29, 1.82) is 0 Å². The molecular formula is C19H22N2O. The van der Waals surface area contributed by atoms with Gasteiger partial charge < -0.3 is 10.2 Å². The lowest BCUT2D eigenvalue weighted by Crippen LogP contribution is -1.87. The Morgan fingerprint density at radius 2 is 1.55 bits per heavy atom. The second-order valence-corrected chi connectivity index (χ2v) is 4.85. The van der Waals surface area contributed by atoms with Crippen molar-refractivity contribution >= 4 is 0 Å². The largest absolute Gasteiger partial charge is 0.436 e.